The highest BCUT2D eigenvalue weighted by Gasteiger charge is 2.50. The first-order valence-corrected chi connectivity index (χ1v) is 9.06. The number of rotatable bonds is 4. The highest BCUT2D eigenvalue weighted by Crippen LogP contribution is 2.54. The predicted octanol–water partition coefficient (Wildman–Crippen LogP) is 3.53. The normalized spacial score (nSPS) is 22.0. The topological polar surface area (TPSA) is 38.7 Å². The van der Waals surface area contributed by atoms with E-state index in [0.717, 1.165) is 18.3 Å². The van der Waals surface area contributed by atoms with Crippen molar-refractivity contribution in [1.82, 2.24) is 0 Å². The average molecular weight is 329 g/mol. The summed E-state index contributed by atoms with van der Waals surface area (Å²) in [6, 6.07) is 6.49. The number of hydrogen-bond acceptors (Lipinski definition) is 3. The van der Waals surface area contributed by atoms with Gasteiger partial charge in [-0.2, -0.15) is 0 Å². The summed E-state index contributed by atoms with van der Waals surface area (Å²) in [4.78, 5) is 0. The molecule has 0 aromatic heterocycles. The van der Waals surface area contributed by atoms with Gasteiger partial charge in [0, 0.05) is 0 Å². The third-order valence-electron chi connectivity index (χ3n) is 6.01. The molecule has 4 heteroatoms. The van der Waals surface area contributed by atoms with Crippen LogP contribution in [0.15, 0.2) is 18.2 Å². The van der Waals surface area contributed by atoms with E-state index in [1.54, 1.807) is 21.3 Å². The van der Waals surface area contributed by atoms with Gasteiger partial charge in [-0.05, 0) is 65.5 Å². The van der Waals surface area contributed by atoms with Crippen molar-refractivity contribution in [3.63, 3.8) is 0 Å². The molecule has 1 aliphatic heterocycles. The van der Waals surface area contributed by atoms with Gasteiger partial charge in [0.2, 0.25) is 0 Å². The van der Waals surface area contributed by atoms with Crippen LogP contribution in [0.5, 0.6) is 0 Å². The van der Waals surface area contributed by atoms with Gasteiger partial charge in [-0.3, -0.25) is 0 Å². The zero-order chi connectivity index (χ0) is 17.8. The fourth-order valence-electron chi connectivity index (χ4n) is 3.81. The van der Waals surface area contributed by atoms with E-state index in [0.29, 0.717) is 0 Å². The molecule has 1 aromatic rings. The Morgan fingerprint density at radius 1 is 1.08 bits per heavy atom. The second-order valence-corrected chi connectivity index (χ2v) is 8.92. The lowest BCUT2D eigenvalue weighted by atomic mass is 9.78. The Morgan fingerprint density at radius 3 is 2.29 bits per heavy atom. The van der Waals surface area contributed by atoms with E-state index in [9.17, 15) is 5.11 Å². The Hall–Kier alpha value is -0.835. The first-order valence-electron chi connectivity index (χ1n) is 9.06. The van der Waals surface area contributed by atoms with Crippen LogP contribution in [0.25, 0.3) is 0 Å². The molecule has 2 aliphatic rings. The van der Waals surface area contributed by atoms with Crippen molar-refractivity contribution in [1.29, 1.82) is 0 Å². The van der Waals surface area contributed by atoms with E-state index < -0.39 is 11.2 Å². The molecule has 0 amide bonds. The van der Waals surface area contributed by atoms with Gasteiger partial charge in [0.05, 0.1) is 22.4 Å². The lowest BCUT2D eigenvalue weighted by Gasteiger charge is -2.37. The van der Waals surface area contributed by atoms with Gasteiger partial charge in [-0.15, -0.1) is 0 Å². The Balaban J connectivity index is 1.85. The summed E-state index contributed by atoms with van der Waals surface area (Å²) in [6.07, 6.45) is 4.72. The quantitative estimate of drug-likeness (QED) is 0.859. The maximum Gasteiger partial charge on any atom is 0.330 e. The minimum atomic E-state index is -0.920. The van der Waals surface area contributed by atoms with Crippen molar-refractivity contribution >= 4 is 12.9 Å². The molecule has 1 aromatic carbocycles. The molecule has 131 valence electrons. The Labute approximate surface area is 147 Å². The molecule has 1 N–H and O–H groups in total. The largest absolute Gasteiger partial charge is 0.427 e. The van der Waals surface area contributed by atoms with Gasteiger partial charge in [0.15, 0.2) is 0 Å². The number of benzene rings is 1. The fraction of sp³-hybridized carbons (Fsp3) is 0.700. The molecule has 0 bridgehead atoms. The maximum absolute atomic E-state index is 10.2. The predicted molar refractivity (Wildman–Crippen MR) is 97.5 cm³/mol. The molecule has 24 heavy (non-hydrogen) atoms. The van der Waals surface area contributed by atoms with Crippen LogP contribution in [0, 0.1) is 0 Å². The third-order valence-corrected chi connectivity index (χ3v) is 6.01. The monoisotopic (exact) mass is 329 g/mol. The Morgan fingerprint density at radius 2 is 1.71 bits per heavy atom. The number of hydrogen-bond donors (Lipinski definition) is 1. The summed E-state index contributed by atoms with van der Waals surface area (Å²) in [5.74, 6) is 0. The second kappa shape index (κ2) is 5.58. The van der Waals surface area contributed by atoms with E-state index in [2.05, 4.69) is 32.0 Å². The van der Waals surface area contributed by atoms with E-state index in [1.165, 1.54) is 24.0 Å². The Kier molecular flexibility index (Phi) is 4.18. The maximum atomic E-state index is 10.2. The molecule has 1 saturated carbocycles. The third kappa shape index (κ3) is 2.93. The molecule has 1 radical (unpaired) electrons. The molecule has 0 saturated heterocycles. The van der Waals surface area contributed by atoms with Crippen LogP contribution in [0.3, 0.4) is 0 Å². The van der Waals surface area contributed by atoms with Crippen molar-refractivity contribution in [3.05, 3.63) is 29.3 Å². The van der Waals surface area contributed by atoms with Crippen LogP contribution < -0.4 is 5.46 Å². The van der Waals surface area contributed by atoms with Crippen LogP contribution >= 0.6 is 0 Å². The molecule has 3 nitrogen and oxygen atoms in total. The zero-order valence-electron chi connectivity index (χ0n) is 15.9. The fourth-order valence-corrected chi connectivity index (χ4v) is 3.81. The first-order chi connectivity index (χ1) is 11.0. The number of ether oxygens (including phenoxy) is 1. The van der Waals surface area contributed by atoms with Gasteiger partial charge in [-0.1, -0.05) is 36.5 Å². The summed E-state index contributed by atoms with van der Waals surface area (Å²) >= 11 is 0. The van der Waals surface area contributed by atoms with Crippen LogP contribution in [0.1, 0.15) is 78.4 Å². The highest BCUT2D eigenvalue weighted by atomic mass is 16.5. The van der Waals surface area contributed by atoms with Crippen LogP contribution in [-0.4, -0.2) is 23.8 Å². The molecule has 1 fully saturated rings. The molecule has 1 heterocycles. The van der Waals surface area contributed by atoms with Gasteiger partial charge in [0.1, 0.15) is 0 Å². The summed E-state index contributed by atoms with van der Waals surface area (Å²) in [5.41, 5.74) is 1.70. The molecule has 3 rings (SSSR count). The summed E-state index contributed by atoms with van der Waals surface area (Å²) in [5, 5.41) is 10.2. The lowest BCUT2D eigenvalue weighted by molar-refractivity contribution is -0.122. The SMILES string of the molecule is CC1(C)OC2(CCCC2)c2ccc([B]OC(C)(C)C(C)(C)O)cc21. The zero-order valence-corrected chi connectivity index (χ0v) is 15.9. The highest BCUT2D eigenvalue weighted by molar-refractivity contribution is 6.47. The molecule has 0 unspecified atom stereocenters. The number of fused-ring (bicyclic) bond motifs is 2. The van der Waals surface area contributed by atoms with Crippen molar-refractivity contribution in [2.24, 2.45) is 0 Å². The van der Waals surface area contributed by atoms with Crippen molar-refractivity contribution in [2.75, 3.05) is 0 Å². The smallest absolute Gasteiger partial charge is 0.330 e. The standard InChI is InChI=1S/C20H30BO3/c1-17(2)16-13-14(21-24-19(5,6)18(3,4)22)9-10-15(16)20(23-17)11-7-8-12-20/h9-10,13,22H,7-8,11-12H2,1-6H3. The Bertz CT molecular complexity index is 622. The molecular formula is C20H30BO3. The average Bonchev–Trinajstić information content (AvgIpc) is 3.00. The lowest BCUT2D eigenvalue weighted by Crippen LogP contribution is -2.49. The summed E-state index contributed by atoms with van der Waals surface area (Å²) in [6.45, 7) is 11.7. The first kappa shape index (κ1) is 18.0. The van der Waals surface area contributed by atoms with Gasteiger partial charge in [0.25, 0.3) is 0 Å². The minimum absolute atomic E-state index is 0.0788. The van der Waals surface area contributed by atoms with Gasteiger partial charge < -0.3 is 14.5 Å². The van der Waals surface area contributed by atoms with Crippen LogP contribution in [0.4, 0.5) is 0 Å². The number of aliphatic hydroxyl groups is 1. The summed E-state index contributed by atoms with van der Waals surface area (Å²) < 4.78 is 12.4. The van der Waals surface area contributed by atoms with Crippen LogP contribution in [0.2, 0.25) is 0 Å². The molecule has 1 aliphatic carbocycles. The molecule has 1 spiro atoms. The van der Waals surface area contributed by atoms with E-state index in [1.807, 2.05) is 13.8 Å². The van der Waals surface area contributed by atoms with E-state index in [-0.39, 0.29) is 11.2 Å². The molecule has 0 atom stereocenters. The minimum Gasteiger partial charge on any atom is -0.427 e. The molecular weight excluding hydrogens is 299 g/mol. The van der Waals surface area contributed by atoms with Gasteiger partial charge in [-0.25, -0.2) is 0 Å². The van der Waals surface area contributed by atoms with Crippen molar-refractivity contribution in [3.8, 4) is 0 Å². The van der Waals surface area contributed by atoms with E-state index in [4.69, 9.17) is 9.39 Å². The van der Waals surface area contributed by atoms with E-state index >= 15 is 0 Å². The van der Waals surface area contributed by atoms with Crippen LogP contribution in [-0.2, 0) is 20.6 Å². The van der Waals surface area contributed by atoms with Gasteiger partial charge >= 0.3 is 7.48 Å². The second-order valence-electron chi connectivity index (χ2n) is 8.92. The van der Waals surface area contributed by atoms with Crippen molar-refractivity contribution < 1.29 is 14.5 Å². The van der Waals surface area contributed by atoms with Crippen molar-refractivity contribution in [2.45, 2.75) is 89.6 Å². The summed E-state index contributed by atoms with van der Waals surface area (Å²) in [7, 11) is 1.76.